The van der Waals surface area contributed by atoms with Gasteiger partial charge in [-0.25, -0.2) is 0 Å². The quantitative estimate of drug-likeness (QED) is 0.831. The van der Waals surface area contributed by atoms with Gasteiger partial charge in [-0.3, -0.25) is 0 Å². The van der Waals surface area contributed by atoms with E-state index in [4.69, 9.17) is 9.47 Å². The van der Waals surface area contributed by atoms with Crippen LogP contribution in [0.5, 0.6) is 0 Å². The van der Waals surface area contributed by atoms with E-state index in [1.807, 2.05) is 30.3 Å². The molecule has 0 spiro atoms. The van der Waals surface area contributed by atoms with Crippen molar-refractivity contribution in [1.29, 1.82) is 0 Å². The van der Waals surface area contributed by atoms with Gasteiger partial charge in [-0.15, -0.1) is 0 Å². The van der Waals surface area contributed by atoms with Crippen LogP contribution in [0, 0.1) is 11.8 Å². The van der Waals surface area contributed by atoms with Crippen LogP contribution in [0.3, 0.4) is 0 Å². The molecule has 1 aromatic carbocycles. The van der Waals surface area contributed by atoms with Gasteiger partial charge in [0.15, 0.2) is 6.29 Å². The van der Waals surface area contributed by atoms with E-state index in [1.165, 1.54) is 0 Å². The fraction of sp³-hybridized carbons (Fsp3) is 0.467. The molecule has 3 heteroatoms. The molecule has 0 aromatic heterocycles. The molecular formula is C15H18O3. The summed E-state index contributed by atoms with van der Waals surface area (Å²) in [5, 5.41) is 9.80. The number of benzene rings is 1. The molecule has 1 aliphatic heterocycles. The topological polar surface area (TPSA) is 38.7 Å². The monoisotopic (exact) mass is 246 g/mol. The molecule has 1 aromatic rings. The highest BCUT2D eigenvalue weighted by Crippen LogP contribution is 2.13. The summed E-state index contributed by atoms with van der Waals surface area (Å²) < 4.78 is 10.9. The summed E-state index contributed by atoms with van der Waals surface area (Å²) in [6.07, 6.45) is 2.32. The van der Waals surface area contributed by atoms with E-state index in [1.54, 1.807) is 0 Å². The van der Waals surface area contributed by atoms with Crippen LogP contribution >= 0.6 is 0 Å². The molecule has 3 nitrogen and oxygen atoms in total. The first-order chi connectivity index (χ1) is 8.86. The van der Waals surface area contributed by atoms with Crippen molar-refractivity contribution < 1.29 is 14.6 Å². The van der Waals surface area contributed by atoms with E-state index in [0.717, 1.165) is 31.4 Å². The van der Waals surface area contributed by atoms with E-state index < -0.39 is 6.10 Å². The van der Waals surface area contributed by atoms with Crippen LogP contribution in [0.25, 0.3) is 0 Å². The highest BCUT2D eigenvalue weighted by Gasteiger charge is 2.12. The molecule has 1 N–H and O–H groups in total. The average Bonchev–Trinajstić information content (AvgIpc) is 2.45. The molecule has 1 unspecified atom stereocenters. The van der Waals surface area contributed by atoms with Gasteiger partial charge in [0.1, 0.15) is 12.7 Å². The van der Waals surface area contributed by atoms with Gasteiger partial charge in [0.2, 0.25) is 0 Å². The minimum Gasteiger partial charge on any atom is -0.376 e. The second-order valence-electron chi connectivity index (χ2n) is 4.24. The Kier molecular flexibility index (Phi) is 5.22. The SMILES string of the molecule is O[C@H](C#CCOC1CCCCO1)c1ccccc1. The Labute approximate surface area is 108 Å². The molecule has 0 radical (unpaired) electrons. The van der Waals surface area contributed by atoms with Gasteiger partial charge < -0.3 is 14.6 Å². The van der Waals surface area contributed by atoms with Crippen LogP contribution in [0.2, 0.25) is 0 Å². The van der Waals surface area contributed by atoms with Crippen LogP contribution in [-0.2, 0) is 9.47 Å². The molecule has 2 atom stereocenters. The molecule has 0 amide bonds. The predicted octanol–water partition coefficient (Wildman–Crippen LogP) is 2.27. The molecule has 18 heavy (non-hydrogen) atoms. The largest absolute Gasteiger partial charge is 0.376 e. The lowest BCUT2D eigenvalue weighted by atomic mass is 10.1. The Bertz CT molecular complexity index is 399. The van der Waals surface area contributed by atoms with Crippen LogP contribution in [0.1, 0.15) is 30.9 Å². The minimum absolute atomic E-state index is 0.123. The molecule has 1 saturated heterocycles. The highest BCUT2D eigenvalue weighted by molar-refractivity contribution is 5.24. The molecule has 1 fully saturated rings. The van der Waals surface area contributed by atoms with Crippen molar-refractivity contribution in [1.82, 2.24) is 0 Å². The second-order valence-corrected chi connectivity index (χ2v) is 4.24. The first kappa shape index (κ1) is 13.1. The average molecular weight is 246 g/mol. The molecule has 2 rings (SSSR count). The lowest BCUT2D eigenvalue weighted by Crippen LogP contribution is -2.22. The Morgan fingerprint density at radius 3 is 2.89 bits per heavy atom. The summed E-state index contributed by atoms with van der Waals surface area (Å²) in [5.41, 5.74) is 0.805. The Morgan fingerprint density at radius 1 is 1.33 bits per heavy atom. The zero-order valence-electron chi connectivity index (χ0n) is 10.3. The summed E-state index contributed by atoms with van der Waals surface area (Å²) in [7, 11) is 0. The van der Waals surface area contributed by atoms with Gasteiger partial charge >= 0.3 is 0 Å². The lowest BCUT2D eigenvalue weighted by molar-refractivity contribution is -0.154. The van der Waals surface area contributed by atoms with Crippen molar-refractivity contribution in [3.63, 3.8) is 0 Å². The molecule has 0 bridgehead atoms. The van der Waals surface area contributed by atoms with Crippen LogP contribution in [0.4, 0.5) is 0 Å². The molecule has 1 heterocycles. The maximum atomic E-state index is 9.80. The number of ether oxygens (including phenoxy) is 2. The van der Waals surface area contributed by atoms with Gasteiger partial charge in [0.05, 0.1) is 0 Å². The third-order valence-electron chi connectivity index (χ3n) is 2.83. The maximum Gasteiger partial charge on any atom is 0.158 e. The van der Waals surface area contributed by atoms with Crippen molar-refractivity contribution in [2.75, 3.05) is 13.2 Å². The zero-order valence-corrected chi connectivity index (χ0v) is 10.3. The smallest absolute Gasteiger partial charge is 0.158 e. The van der Waals surface area contributed by atoms with E-state index in [2.05, 4.69) is 11.8 Å². The third kappa shape index (κ3) is 4.15. The first-order valence-corrected chi connectivity index (χ1v) is 6.31. The molecule has 0 saturated carbocycles. The van der Waals surface area contributed by atoms with Crippen molar-refractivity contribution in [3.8, 4) is 11.8 Å². The van der Waals surface area contributed by atoms with E-state index >= 15 is 0 Å². The summed E-state index contributed by atoms with van der Waals surface area (Å²) in [6, 6.07) is 9.38. The predicted molar refractivity (Wildman–Crippen MR) is 68.7 cm³/mol. The fourth-order valence-electron chi connectivity index (χ4n) is 1.83. The van der Waals surface area contributed by atoms with Crippen LogP contribution in [-0.4, -0.2) is 24.6 Å². The number of hydrogen-bond donors (Lipinski definition) is 1. The van der Waals surface area contributed by atoms with Gasteiger partial charge in [-0.1, -0.05) is 42.2 Å². The Morgan fingerprint density at radius 2 is 2.17 bits per heavy atom. The van der Waals surface area contributed by atoms with Crippen molar-refractivity contribution >= 4 is 0 Å². The minimum atomic E-state index is -0.748. The number of rotatable bonds is 3. The Balaban J connectivity index is 1.74. The van der Waals surface area contributed by atoms with Gasteiger partial charge in [0.25, 0.3) is 0 Å². The van der Waals surface area contributed by atoms with E-state index in [-0.39, 0.29) is 6.29 Å². The van der Waals surface area contributed by atoms with Gasteiger partial charge in [0, 0.05) is 6.61 Å². The number of aliphatic hydroxyl groups is 1. The van der Waals surface area contributed by atoms with Crippen LogP contribution in [0.15, 0.2) is 30.3 Å². The summed E-state index contributed by atoms with van der Waals surface area (Å²) in [4.78, 5) is 0. The van der Waals surface area contributed by atoms with E-state index in [0.29, 0.717) is 6.61 Å². The number of hydrogen-bond acceptors (Lipinski definition) is 3. The van der Waals surface area contributed by atoms with Gasteiger partial charge in [-0.05, 0) is 24.8 Å². The Hall–Kier alpha value is -1.34. The fourth-order valence-corrected chi connectivity index (χ4v) is 1.83. The normalized spacial score (nSPS) is 20.8. The molecular weight excluding hydrogens is 228 g/mol. The summed E-state index contributed by atoms with van der Waals surface area (Å²) in [6.45, 7) is 1.07. The lowest BCUT2D eigenvalue weighted by Gasteiger charge is -2.21. The standard InChI is InChI=1S/C15H18O3/c16-14(13-7-2-1-3-8-13)9-6-12-18-15-10-4-5-11-17-15/h1-3,7-8,14-16H,4-5,10-12H2/t14-,15?/m1/s1. The summed E-state index contributed by atoms with van der Waals surface area (Å²) >= 11 is 0. The summed E-state index contributed by atoms with van der Waals surface area (Å²) in [5.74, 6) is 5.59. The first-order valence-electron chi connectivity index (χ1n) is 6.31. The van der Waals surface area contributed by atoms with Crippen molar-refractivity contribution in [3.05, 3.63) is 35.9 Å². The zero-order chi connectivity index (χ0) is 12.6. The number of aliphatic hydroxyl groups excluding tert-OH is 1. The molecule has 1 aliphatic rings. The van der Waals surface area contributed by atoms with Gasteiger partial charge in [-0.2, -0.15) is 0 Å². The van der Waals surface area contributed by atoms with E-state index in [9.17, 15) is 5.11 Å². The van der Waals surface area contributed by atoms with Crippen LogP contribution < -0.4 is 0 Å². The third-order valence-corrected chi connectivity index (χ3v) is 2.83. The highest BCUT2D eigenvalue weighted by atomic mass is 16.7. The van der Waals surface area contributed by atoms with Crippen molar-refractivity contribution in [2.24, 2.45) is 0 Å². The molecule has 96 valence electrons. The van der Waals surface area contributed by atoms with Crippen molar-refractivity contribution in [2.45, 2.75) is 31.7 Å². The maximum absolute atomic E-state index is 9.80. The molecule has 0 aliphatic carbocycles. The second kappa shape index (κ2) is 7.17.